The largest absolute Gasteiger partial charge is 0.433 e. The fourth-order valence-corrected chi connectivity index (χ4v) is 4.85. The number of hydrogen-bond acceptors (Lipinski definition) is 5. The van der Waals surface area contributed by atoms with Gasteiger partial charge < -0.3 is 18.9 Å². The molecule has 3 rings (SSSR count). The SMILES string of the molecule is CO[C@@H]1O[C@H](OC(C)=O)[C@@]23OCC[C@H]2[C@H](C)CC[C@H]3[C@H]1C. The number of esters is 1. The van der Waals surface area contributed by atoms with Gasteiger partial charge in [0.15, 0.2) is 6.29 Å². The summed E-state index contributed by atoms with van der Waals surface area (Å²) in [4.78, 5) is 11.5. The number of rotatable bonds is 2. The van der Waals surface area contributed by atoms with E-state index < -0.39 is 11.9 Å². The molecule has 3 aliphatic rings. The molecule has 5 nitrogen and oxygen atoms in total. The van der Waals surface area contributed by atoms with Gasteiger partial charge in [0.05, 0.1) is 0 Å². The highest BCUT2D eigenvalue weighted by Gasteiger charge is 2.65. The molecule has 0 unspecified atom stereocenters. The summed E-state index contributed by atoms with van der Waals surface area (Å²) in [6.45, 7) is 6.57. The zero-order valence-electron chi connectivity index (χ0n) is 13.3. The smallest absolute Gasteiger partial charge is 0.305 e. The summed E-state index contributed by atoms with van der Waals surface area (Å²) in [6, 6.07) is 0. The Morgan fingerprint density at radius 1 is 1.19 bits per heavy atom. The molecule has 1 spiro atoms. The fraction of sp³-hybridized carbons (Fsp3) is 0.938. The van der Waals surface area contributed by atoms with E-state index in [4.69, 9.17) is 18.9 Å². The molecule has 0 aromatic rings. The van der Waals surface area contributed by atoms with Crippen LogP contribution in [0.5, 0.6) is 0 Å². The predicted molar refractivity (Wildman–Crippen MR) is 75.3 cm³/mol. The summed E-state index contributed by atoms with van der Waals surface area (Å²) >= 11 is 0. The summed E-state index contributed by atoms with van der Waals surface area (Å²) in [5.41, 5.74) is -0.488. The summed E-state index contributed by atoms with van der Waals surface area (Å²) < 4.78 is 23.2. The van der Waals surface area contributed by atoms with Crippen molar-refractivity contribution in [2.24, 2.45) is 23.7 Å². The Kier molecular flexibility index (Phi) is 4.01. The van der Waals surface area contributed by atoms with E-state index in [1.54, 1.807) is 7.11 Å². The Hall–Kier alpha value is -0.650. The molecule has 5 heteroatoms. The zero-order chi connectivity index (χ0) is 15.2. The van der Waals surface area contributed by atoms with Gasteiger partial charge in [0, 0.05) is 32.5 Å². The van der Waals surface area contributed by atoms with Crippen molar-refractivity contribution in [3.63, 3.8) is 0 Å². The van der Waals surface area contributed by atoms with Gasteiger partial charge in [-0.25, -0.2) is 0 Å². The molecule has 0 aromatic carbocycles. The van der Waals surface area contributed by atoms with Crippen LogP contribution in [0.15, 0.2) is 0 Å². The third-order valence-electron chi connectivity index (χ3n) is 5.76. The van der Waals surface area contributed by atoms with Gasteiger partial charge in [0.25, 0.3) is 0 Å². The van der Waals surface area contributed by atoms with Gasteiger partial charge in [-0.2, -0.15) is 0 Å². The Morgan fingerprint density at radius 2 is 1.95 bits per heavy atom. The zero-order valence-corrected chi connectivity index (χ0v) is 13.3. The Balaban J connectivity index is 1.99. The molecule has 1 aliphatic carbocycles. The van der Waals surface area contributed by atoms with Crippen LogP contribution in [-0.4, -0.2) is 37.9 Å². The summed E-state index contributed by atoms with van der Waals surface area (Å²) in [5, 5.41) is 0. The van der Waals surface area contributed by atoms with Gasteiger partial charge in [-0.3, -0.25) is 4.79 Å². The van der Waals surface area contributed by atoms with E-state index in [1.807, 2.05) is 0 Å². The highest BCUT2D eigenvalue weighted by Crippen LogP contribution is 2.57. The van der Waals surface area contributed by atoms with Crippen molar-refractivity contribution in [3.05, 3.63) is 0 Å². The molecule has 120 valence electrons. The van der Waals surface area contributed by atoms with Crippen LogP contribution in [-0.2, 0) is 23.7 Å². The van der Waals surface area contributed by atoms with Crippen molar-refractivity contribution in [3.8, 4) is 0 Å². The lowest BCUT2D eigenvalue weighted by molar-refractivity contribution is -0.364. The standard InChI is InChI=1S/C16H26O5/c1-9-5-6-13-10(2)14(18-4)21-15(20-11(3)17)16(13)12(9)7-8-19-16/h9-10,12-15H,5-8H2,1-4H3/t9-,10-,12+,13+,14-,15+,16-/m1/s1. The summed E-state index contributed by atoms with van der Waals surface area (Å²) in [5.74, 6) is 1.17. The fourth-order valence-electron chi connectivity index (χ4n) is 4.85. The molecule has 0 aromatic heterocycles. The van der Waals surface area contributed by atoms with E-state index in [1.165, 1.54) is 13.3 Å². The van der Waals surface area contributed by atoms with Crippen LogP contribution >= 0.6 is 0 Å². The monoisotopic (exact) mass is 298 g/mol. The Bertz CT molecular complexity index is 411. The van der Waals surface area contributed by atoms with Crippen LogP contribution in [0.2, 0.25) is 0 Å². The van der Waals surface area contributed by atoms with Crippen molar-refractivity contribution in [2.45, 2.75) is 58.2 Å². The second-order valence-electron chi connectivity index (χ2n) is 6.80. The van der Waals surface area contributed by atoms with E-state index in [-0.39, 0.29) is 18.2 Å². The van der Waals surface area contributed by atoms with Gasteiger partial charge in [-0.15, -0.1) is 0 Å². The number of hydrogen-bond donors (Lipinski definition) is 0. The van der Waals surface area contributed by atoms with Crippen LogP contribution < -0.4 is 0 Å². The lowest BCUT2D eigenvalue weighted by atomic mass is 9.59. The highest BCUT2D eigenvalue weighted by molar-refractivity contribution is 5.66. The third kappa shape index (κ3) is 2.21. The quantitative estimate of drug-likeness (QED) is 0.732. The first-order valence-corrected chi connectivity index (χ1v) is 8.00. The maximum absolute atomic E-state index is 11.5. The van der Waals surface area contributed by atoms with Gasteiger partial charge in [-0.1, -0.05) is 13.8 Å². The Morgan fingerprint density at radius 3 is 2.62 bits per heavy atom. The minimum absolute atomic E-state index is 0.231. The predicted octanol–water partition coefficient (Wildman–Crippen LogP) is 2.34. The van der Waals surface area contributed by atoms with Gasteiger partial charge >= 0.3 is 5.97 Å². The summed E-state index contributed by atoms with van der Waals surface area (Å²) in [7, 11) is 1.64. The number of methoxy groups -OCH3 is 1. The molecule has 1 saturated carbocycles. The second kappa shape index (κ2) is 5.52. The molecule has 2 heterocycles. The molecular formula is C16H26O5. The lowest BCUT2D eigenvalue weighted by Crippen LogP contribution is -2.66. The first-order chi connectivity index (χ1) is 10.0. The van der Waals surface area contributed by atoms with Crippen LogP contribution in [0, 0.1) is 23.7 Å². The van der Waals surface area contributed by atoms with E-state index in [0.717, 1.165) is 19.4 Å². The van der Waals surface area contributed by atoms with Crippen molar-refractivity contribution < 1.29 is 23.7 Å². The van der Waals surface area contributed by atoms with E-state index >= 15 is 0 Å². The minimum atomic E-state index is -0.656. The molecular weight excluding hydrogens is 272 g/mol. The molecule has 7 atom stereocenters. The topological polar surface area (TPSA) is 54.0 Å². The average Bonchev–Trinajstić information content (AvgIpc) is 2.88. The molecule has 0 N–H and O–H groups in total. The second-order valence-corrected chi connectivity index (χ2v) is 6.80. The third-order valence-corrected chi connectivity index (χ3v) is 5.76. The van der Waals surface area contributed by atoms with E-state index in [2.05, 4.69) is 13.8 Å². The summed E-state index contributed by atoms with van der Waals surface area (Å²) in [6.07, 6.45) is 2.27. The van der Waals surface area contributed by atoms with E-state index in [0.29, 0.717) is 17.8 Å². The molecule has 21 heavy (non-hydrogen) atoms. The molecule has 2 saturated heterocycles. The van der Waals surface area contributed by atoms with Crippen LogP contribution in [0.4, 0.5) is 0 Å². The first-order valence-electron chi connectivity index (χ1n) is 8.00. The van der Waals surface area contributed by atoms with Gasteiger partial charge in [0.1, 0.15) is 5.60 Å². The lowest BCUT2D eigenvalue weighted by Gasteiger charge is -2.56. The number of carbonyl (C=O) groups is 1. The number of carbonyl (C=O) groups excluding carboxylic acids is 1. The minimum Gasteiger partial charge on any atom is -0.433 e. The molecule has 3 fully saturated rings. The maximum atomic E-state index is 11.5. The van der Waals surface area contributed by atoms with Crippen LogP contribution in [0.25, 0.3) is 0 Å². The first kappa shape index (κ1) is 15.3. The molecule has 0 bridgehead atoms. The normalized spacial score (nSPS) is 49.3. The van der Waals surface area contributed by atoms with Crippen molar-refractivity contribution in [1.82, 2.24) is 0 Å². The Labute approximate surface area is 126 Å². The molecule has 2 aliphatic heterocycles. The maximum Gasteiger partial charge on any atom is 0.305 e. The average molecular weight is 298 g/mol. The van der Waals surface area contributed by atoms with Crippen molar-refractivity contribution >= 4 is 5.97 Å². The van der Waals surface area contributed by atoms with Crippen LogP contribution in [0.3, 0.4) is 0 Å². The van der Waals surface area contributed by atoms with Gasteiger partial charge in [-0.05, 0) is 31.1 Å². The molecule has 0 amide bonds. The highest BCUT2D eigenvalue weighted by atomic mass is 16.8. The molecule has 0 radical (unpaired) electrons. The van der Waals surface area contributed by atoms with Gasteiger partial charge in [0.2, 0.25) is 6.29 Å². The van der Waals surface area contributed by atoms with Crippen molar-refractivity contribution in [2.75, 3.05) is 13.7 Å². The number of ether oxygens (including phenoxy) is 4. The van der Waals surface area contributed by atoms with Crippen LogP contribution in [0.1, 0.15) is 40.0 Å². The van der Waals surface area contributed by atoms with Crippen molar-refractivity contribution in [1.29, 1.82) is 0 Å². The van der Waals surface area contributed by atoms with E-state index in [9.17, 15) is 4.79 Å².